The molecule has 0 heterocycles. The van der Waals surface area contributed by atoms with E-state index in [0.717, 1.165) is 18.4 Å². The van der Waals surface area contributed by atoms with Gasteiger partial charge >= 0.3 is 12.3 Å². The molecule has 0 saturated heterocycles. The van der Waals surface area contributed by atoms with Crippen LogP contribution in [-0.4, -0.2) is 32.1 Å². The minimum Gasteiger partial charge on any atom is -0.478 e. The molecule has 10 heteroatoms. The SMILES string of the molecule is CS(=O)(=O)Nc1ccc(OC(F)(F)F)cc1C(=O)O. The summed E-state index contributed by atoms with van der Waals surface area (Å²) in [5.74, 6) is -2.36. The highest BCUT2D eigenvalue weighted by Gasteiger charge is 2.31. The Balaban J connectivity index is 3.19. The van der Waals surface area contributed by atoms with Gasteiger partial charge in [0.15, 0.2) is 0 Å². The van der Waals surface area contributed by atoms with Crippen LogP contribution in [0.4, 0.5) is 18.9 Å². The zero-order valence-corrected chi connectivity index (χ0v) is 10.2. The summed E-state index contributed by atoms with van der Waals surface area (Å²) in [6, 6.07) is 2.24. The second-order valence-corrected chi connectivity index (χ2v) is 5.18. The molecule has 0 aliphatic carbocycles. The van der Waals surface area contributed by atoms with E-state index in [1.54, 1.807) is 0 Å². The standard InChI is InChI=1S/C9H8F3NO5S/c1-19(16,17)13-7-3-2-5(18-9(10,11)12)4-6(7)8(14)15/h2-4,13H,1H3,(H,14,15). The molecule has 2 N–H and O–H groups in total. The van der Waals surface area contributed by atoms with E-state index in [1.807, 2.05) is 4.72 Å². The normalized spacial score (nSPS) is 12.0. The number of benzene rings is 1. The number of hydrogen-bond donors (Lipinski definition) is 2. The molecule has 106 valence electrons. The van der Waals surface area contributed by atoms with Crippen LogP contribution in [0.3, 0.4) is 0 Å². The minimum atomic E-state index is -4.97. The zero-order chi connectivity index (χ0) is 14.8. The van der Waals surface area contributed by atoms with Crippen molar-refractivity contribution in [3.05, 3.63) is 23.8 Å². The highest BCUT2D eigenvalue weighted by molar-refractivity contribution is 7.92. The van der Waals surface area contributed by atoms with E-state index in [9.17, 15) is 26.4 Å². The van der Waals surface area contributed by atoms with Crippen molar-refractivity contribution in [1.82, 2.24) is 0 Å². The number of carbonyl (C=O) groups is 1. The number of halogens is 3. The van der Waals surface area contributed by atoms with E-state index in [1.165, 1.54) is 0 Å². The first-order valence-electron chi connectivity index (χ1n) is 4.59. The Kier molecular flexibility index (Phi) is 3.94. The zero-order valence-electron chi connectivity index (χ0n) is 9.35. The van der Waals surface area contributed by atoms with Gasteiger partial charge in [0.25, 0.3) is 0 Å². The molecule has 0 unspecified atom stereocenters. The van der Waals surface area contributed by atoms with Gasteiger partial charge in [0.1, 0.15) is 5.75 Å². The first-order chi connectivity index (χ1) is 8.48. The maximum absolute atomic E-state index is 12.0. The van der Waals surface area contributed by atoms with E-state index >= 15 is 0 Å². The molecule has 1 aromatic rings. The fraction of sp³-hybridized carbons (Fsp3) is 0.222. The van der Waals surface area contributed by atoms with Crippen LogP contribution >= 0.6 is 0 Å². The van der Waals surface area contributed by atoms with Gasteiger partial charge in [-0.25, -0.2) is 13.2 Å². The monoisotopic (exact) mass is 299 g/mol. The lowest BCUT2D eigenvalue weighted by molar-refractivity contribution is -0.274. The molecule has 1 aromatic carbocycles. The van der Waals surface area contributed by atoms with Crippen LogP contribution < -0.4 is 9.46 Å². The fourth-order valence-electron chi connectivity index (χ4n) is 1.19. The molecule has 0 saturated carbocycles. The molecule has 0 radical (unpaired) electrons. The molecule has 0 fully saturated rings. The summed E-state index contributed by atoms with van der Waals surface area (Å²) in [4.78, 5) is 10.9. The third-order valence-electron chi connectivity index (χ3n) is 1.75. The van der Waals surface area contributed by atoms with E-state index in [-0.39, 0.29) is 5.69 Å². The molecule has 6 nitrogen and oxygen atoms in total. The number of anilines is 1. The smallest absolute Gasteiger partial charge is 0.478 e. The molecule has 0 aliphatic rings. The van der Waals surface area contributed by atoms with Gasteiger partial charge in [-0.2, -0.15) is 0 Å². The maximum atomic E-state index is 12.0. The van der Waals surface area contributed by atoms with Crippen LogP contribution in [0.15, 0.2) is 18.2 Å². The number of sulfonamides is 1. The summed E-state index contributed by atoms with van der Waals surface area (Å²) in [6.45, 7) is 0. The van der Waals surface area contributed by atoms with Gasteiger partial charge in [-0.3, -0.25) is 4.72 Å². The predicted octanol–water partition coefficient (Wildman–Crippen LogP) is 1.65. The third kappa shape index (κ3) is 5.04. The first-order valence-corrected chi connectivity index (χ1v) is 6.48. The Morgan fingerprint density at radius 1 is 1.37 bits per heavy atom. The van der Waals surface area contributed by atoms with Gasteiger partial charge in [0.05, 0.1) is 17.5 Å². The molecule has 0 bridgehead atoms. The molecule has 0 aliphatic heterocycles. The Labute approximate surface area is 105 Å². The number of carboxylic acid groups (broad SMARTS) is 1. The van der Waals surface area contributed by atoms with Gasteiger partial charge in [0.2, 0.25) is 10.0 Å². The van der Waals surface area contributed by atoms with Crippen molar-refractivity contribution in [3.63, 3.8) is 0 Å². The Bertz CT molecular complexity index is 596. The number of carboxylic acids is 1. The van der Waals surface area contributed by atoms with Gasteiger partial charge in [-0.15, -0.1) is 13.2 Å². The number of rotatable bonds is 4. The van der Waals surface area contributed by atoms with Crippen LogP contribution in [0.1, 0.15) is 10.4 Å². The minimum absolute atomic E-state index is 0.357. The van der Waals surface area contributed by atoms with Crippen LogP contribution in [-0.2, 0) is 10.0 Å². The number of ether oxygens (including phenoxy) is 1. The number of aromatic carboxylic acids is 1. The Hall–Kier alpha value is -1.97. The summed E-state index contributed by atoms with van der Waals surface area (Å²) in [6.07, 6.45) is -4.19. The summed E-state index contributed by atoms with van der Waals surface area (Å²) < 4.78 is 63.3. The molecular weight excluding hydrogens is 291 g/mol. The molecule has 0 amide bonds. The van der Waals surface area contributed by atoms with E-state index in [4.69, 9.17) is 5.11 Å². The Morgan fingerprint density at radius 2 is 1.95 bits per heavy atom. The fourth-order valence-corrected chi connectivity index (χ4v) is 1.76. The average molecular weight is 299 g/mol. The summed E-state index contributed by atoms with van der Waals surface area (Å²) in [5, 5.41) is 8.81. The highest BCUT2D eigenvalue weighted by Crippen LogP contribution is 2.27. The lowest BCUT2D eigenvalue weighted by Crippen LogP contribution is -2.18. The quantitative estimate of drug-likeness (QED) is 0.882. The Morgan fingerprint density at radius 3 is 2.37 bits per heavy atom. The van der Waals surface area contributed by atoms with Crippen molar-refractivity contribution in [2.45, 2.75) is 6.36 Å². The van der Waals surface area contributed by atoms with Crippen molar-refractivity contribution >= 4 is 21.7 Å². The van der Waals surface area contributed by atoms with Gasteiger partial charge in [-0.05, 0) is 18.2 Å². The molecule has 0 atom stereocenters. The summed E-state index contributed by atoms with van der Waals surface area (Å²) in [5.41, 5.74) is -1.02. The average Bonchev–Trinajstić information content (AvgIpc) is 2.15. The molecule has 0 spiro atoms. The first kappa shape index (κ1) is 15.1. The topological polar surface area (TPSA) is 92.7 Å². The lowest BCUT2D eigenvalue weighted by Gasteiger charge is -2.12. The van der Waals surface area contributed by atoms with Crippen molar-refractivity contribution in [3.8, 4) is 5.75 Å². The largest absolute Gasteiger partial charge is 0.573 e. The molecular formula is C9H8F3NO5S. The van der Waals surface area contributed by atoms with Gasteiger partial charge < -0.3 is 9.84 Å². The number of hydrogen-bond acceptors (Lipinski definition) is 4. The van der Waals surface area contributed by atoms with Gasteiger partial charge in [-0.1, -0.05) is 0 Å². The van der Waals surface area contributed by atoms with Crippen LogP contribution in [0.25, 0.3) is 0 Å². The van der Waals surface area contributed by atoms with Crippen molar-refractivity contribution in [2.75, 3.05) is 11.0 Å². The van der Waals surface area contributed by atoms with Crippen molar-refractivity contribution in [1.29, 1.82) is 0 Å². The number of nitrogens with one attached hydrogen (secondary N) is 1. The highest BCUT2D eigenvalue weighted by atomic mass is 32.2. The molecule has 0 aromatic heterocycles. The van der Waals surface area contributed by atoms with Crippen LogP contribution in [0.5, 0.6) is 5.75 Å². The predicted molar refractivity (Wildman–Crippen MR) is 58.6 cm³/mol. The second kappa shape index (κ2) is 4.96. The van der Waals surface area contributed by atoms with Crippen molar-refractivity contribution < 1.29 is 36.2 Å². The third-order valence-corrected chi connectivity index (χ3v) is 2.34. The maximum Gasteiger partial charge on any atom is 0.573 e. The summed E-state index contributed by atoms with van der Waals surface area (Å²) in [7, 11) is -3.76. The lowest BCUT2D eigenvalue weighted by atomic mass is 10.2. The molecule has 1 rings (SSSR count). The van der Waals surface area contributed by atoms with Crippen molar-refractivity contribution in [2.24, 2.45) is 0 Å². The van der Waals surface area contributed by atoms with E-state index in [2.05, 4.69) is 4.74 Å². The van der Waals surface area contributed by atoms with Crippen LogP contribution in [0, 0.1) is 0 Å². The summed E-state index contributed by atoms with van der Waals surface area (Å²) >= 11 is 0. The van der Waals surface area contributed by atoms with E-state index < -0.39 is 33.7 Å². The van der Waals surface area contributed by atoms with Gasteiger partial charge in [0, 0.05) is 0 Å². The molecule has 19 heavy (non-hydrogen) atoms. The van der Waals surface area contributed by atoms with Crippen LogP contribution in [0.2, 0.25) is 0 Å². The van der Waals surface area contributed by atoms with E-state index in [0.29, 0.717) is 6.07 Å². The second-order valence-electron chi connectivity index (χ2n) is 3.43. The number of alkyl halides is 3.